The highest BCUT2D eigenvalue weighted by Crippen LogP contribution is 2.28. The number of hydrogen-bond acceptors (Lipinski definition) is 4. The number of nitrogens with one attached hydrogen (secondary N) is 1. The van der Waals surface area contributed by atoms with Crippen LogP contribution in [-0.4, -0.2) is 60.9 Å². The van der Waals surface area contributed by atoms with E-state index >= 15 is 0 Å². The number of rotatable bonds is 7. The molecule has 2 aromatic rings. The minimum Gasteiger partial charge on any atom is -0.484 e. The van der Waals surface area contributed by atoms with E-state index in [2.05, 4.69) is 16.8 Å². The molecule has 1 saturated heterocycles. The summed E-state index contributed by atoms with van der Waals surface area (Å²) >= 11 is 0. The Morgan fingerprint density at radius 3 is 2.50 bits per heavy atom. The largest absolute Gasteiger partial charge is 0.484 e. The summed E-state index contributed by atoms with van der Waals surface area (Å²) in [5.41, 5.74) is 1.54. The molecule has 2 aromatic carbocycles. The van der Waals surface area contributed by atoms with Crippen molar-refractivity contribution >= 4 is 11.8 Å². The van der Waals surface area contributed by atoms with Gasteiger partial charge in [-0.2, -0.15) is 0 Å². The first-order chi connectivity index (χ1) is 16.1. The van der Waals surface area contributed by atoms with Gasteiger partial charge in [-0.3, -0.25) is 14.5 Å². The van der Waals surface area contributed by atoms with Gasteiger partial charge in [0.1, 0.15) is 23.5 Å². The number of hydrogen-bond donors (Lipinski definition) is 1. The van der Waals surface area contributed by atoms with E-state index in [0.29, 0.717) is 42.9 Å². The van der Waals surface area contributed by atoms with E-state index in [1.165, 1.54) is 25.3 Å². The average molecular weight is 472 g/mol. The normalized spacial score (nSPS) is 17.2. The Morgan fingerprint density at radius 2 is 1.91 bits per heavy atom. The minimum atomic E-state index is -0.687. The van der Waals surface area contributed by atoms with E-state index in [1.807, 2.05) is 6.92 Å². The van der Waals surface area contributed by atoms with E-state index < -0.39 is 17.8 Å². The topological polar surface area (TPSA) is 61.9 Å². The van der Waals surface area contributed by atoms with Crippen LogP contribution in [0.4, 0.5) is 8.78 Å². The molecule has 0 saturated carbocycles. The van der Waals surface area contributed by atoms with Gasteiger partial charge in [0.05, 0.1) is 5.56 Å². The second-order valence-corrected chi connectivity index (χ2v) is 8.64. The molecule has 2 atom stereocenters. The molecule has 0 spiro atoms. The van der Waals surface area contributed by atoms with Gasteiger partial charge in [-0.05, 0) is 55.7 Å². The van der Waals surface area contributed by atoms with Crippen molar-refractivity contribution < 1.29 is 23.1 Å². The van der Waals surface area contributed by atoms with Gasteiger partial charge >= 0.3 is 0 Å². The van der Waals surface area contributed by atoms with E-state index in [4.69, 9.17) is 4.74 Å². The number of halogens is 2. The molecule has 182 valence electrons. The standard InChI is InChI=1S/C26H31F2N3O3/c1-6-24(32)31-10-9-30(14-18(31)4)15-23(19-8-7-16(2)21(27)12-19)34-20-11-17(3)25(22(28)13-20)26(33)29-5/h6-8,11-13,18,23H,1,9-10,14-15H2,2-5H3,(H,29,33)/t18-,23+/m1/s1. The predicted octanol–water partition coefficient (Wildman–Crippen LogP) is 3.78. The van der Waals surface area contributed by atoms with E-state index in [9.17, 15) is 18.4 Å². The molecule has 0 bridgehead atoms. The van der Waals surface area contributed by atoms with Crippen LogP contribution in [0.15, 0.2) is 43.0 Å². The van der Waals surface area contributed by atoms with Crippen molar-refractivity contribution in [3.63, 3.8) is 0 Å². The molecule has 2 amide bonds. The second-order valence-electron chi connectivity index (χ2n) is 8.64. The monoisotopic (exact) mass is 471 g/mol. The second kappa shape index (κ2) is 10.8. The molecule has 0 aliphatic carbocycles. The summed E-state index contributed by atoms with van der Waals surface area (Å²) in [6.45, 7) is 11.0. The Kier molecular flexibility index (Phi) is 8.04. The molecule has 3 rings (SSSR count). The Bertz CT molecular complexity index is 1070. The van der Waals surface area contributed by atoms with Crippen LogP contribution in [0.5, 0.6) is 5.75 Å². The third-order valence-electron chi connectivity index (χ3n) is 6.15. The lowest BCUT2D eigenvalue weighted by molar-refractivity contribution is -0.130. The molecule has 6 nitrogen and oxygen atoms in total. The molecule has 1 N–H and O–H groups in total. The van der Waals surface area contributed by atoms with Gasteiger partial charge < -0.3 is 15.0 Å². The van der Waals surface area contributed by atoms with Crippen LogP contribution in [0.3, 0.4) is 0 Å². The van der Waals surface area contributed by atoms with Crippen molar-refractivity contribution in [1.29, 1.82) is 0 Å². The molecule has 0 aromatic heterocycles. The van der Waals surface area contributed by atoms with Crippen molar-refractivity contribution in [3.8, 4) is 5.75 Å². The van der Waals surface area contributed by atoms with Crippen molar-refractivity contribution in [3.05, 3.63) is 76.9 Å². The van der Waals surface area contributed by atoms with Crippen LogP contribution in [0.2, 0.25) is 0 Å². The lowest BCUT2D eigenvalue weighted by atomic mass is 10.0. The molecule has 1 heterocycles. The van der Waals surface area contributed by atoms with Crippen LogP contribution < -0.4 is 10.1 Å². The summed E-state index contributed by atoms with van der Waals surface area (Å²) in [6, 6.07) is 7.67. The SMILES string of the molecule is C=CC(=O)N1CCN(C[C@H](Oc2cc(C)c(C(=O)NC)c(F)c2)c2ccc(C)c(F)c2)C[C@H]1C. The first kappa shape index (κ1) is 25.4. The van der Waals surface area contributed by atoms with Gasteiger partial charge in [-0.25, -0.2) is 8.78 Å². The summed E-state index contributed by atoms with van der Waals surface area (Å²) in [5.74, 6) is -1.41. The molecule has 1 aliphatic rings. The van der Waals surface area contributed by atoms with Crippen LogP contribution in [-0.2, 0) is 4.79 Å². The number of carbonyl (C=O) groups excluding carboxylic acids is 2. The highest BCUT2D eigenvalue weighted by Gasteiger charge is 2.29. The first-order valence-electron chi connectivity index (χ1n) is 11.2. The molecule has 1 aliphatic heterocycles. The zero-order valence-corrected chi connectivity index (χ0v) is 20.0. The molecule has 0 unspecified atom stereocenters. The number of aryl methyl sites for hydroxylation is 2. The number of ether oxygens (including phenoxy) is 1. The van der Waals surface area contributed by atoms with Crippen molar-refractivity contribution in [2.45, 2.75) is 32.9 Å². The average Bonchev–Trinajstić information content (AvgIpc) is 2.79. The first-order valence-corrected chi connectivity index (χ1v) is 11.2. The Labute approximate surface area is 199 Å². The number of nitrogens with zero attached hydrogens (tertiary/aromatic N) is 2. The maximum Gasteiger partial charge on any atom is 0.254 e. The quantitative estimate of drug-likeness (QED) is 0.625. The van der Waals surface area contributed by atoms with Gasteiger partial charge in [0.2, 0.25) is 5.91 Å². The highest BCUT2D eigenvalue weighted by molar-refractivity contribution is 5.95. The fraction of sp³-hybridized carbons (Fsp3) is 0.385. The van der Waals surface area contributed by atoms with E-state index in [1.54, 1.807) is 36.9 Å². The number of benzene rings is 2. The van der Waals surface area contributed by atoms with Crippen LogP contribution in [0.25, 0.3) is 0 Å². The number of piperazine rings is 1. The molecular formula is C26H31F2N3O3. The zero-order chi connectivity index (χ0) is 25.0. The smallest absolute Gasteiger partial charge is 0.254 e. The van der Waals surface area contributed by atoms with Crippen molar-refractivity contribution in [2.75, 3.05) is 33.2 Å². The Balaban J connectivity index is 1.87. The minimum absolute atomic E-state index is 0.0267. The molecule has 34 heavy (non-hydrogen) atoms. The molecule has 1 fully saturated rings. The summed E-state index contributed by atoms with van der Waals surface area (Å²) in [5, 5.41) is 2.43. The summed E-state index contributed by atoms with van der Waals surface area (Å²) in [4.78, 5) is 28.0. The Hall–Kier alpha value is -3.26. The Morgan fingerprint density at radius 1 is 1.18 bits per heavy atom. The lowest BCUT2D eigenvalue weighted by Crippen LogP contribution is -2.54. The van der Waals surface area contributed by atoms with E-state index in [-0.39, 0.29) is 29.1 Å². The summed E-state index contributed by atoms with van der Waals surface area (Å²) in [6.07, 6.45) is 0.723. The third-order valence-corrected chi connectivity index (χ3v) is 6.15. The fourth-order valence-electron chi connectivity index (χ4n) is 4.26. The zero-order valence-electron chi connectivity index (χ0n) is 20.0. The van der Waals surface area contributed by atoms with Crippen LogP contribution in [0.1, 0.15) is 40.1 Å². The predicted molar refractivity (Wildman–Crippen MR) is 127 cm³/mol. The van der Waals surface area contributed by atoms with Gasteiger partial charge in [-0.1, -0.05) is 18.7 Å². The number of amides is 2. The molecule has 0 radical (unpaired) electrons. The van der Waals surface area contributed by atoms with Crippen LogP contribution >= 0.6 is 0 Å². The van der Waals surface area contributed by atoms with Crippen molar-refractivity contribution in [2.24, 2.45) is 0 Å². The van der Waals surface area contributed by atoms with Gasteiger partial charge in [0.15, 0.2) is 0 Å². The van der Waals surface area contributed by atoms with Crippen LogP contribution in [0, 0.1) is 25.5 Å². The number of carbonyl (C=O) groups is 2. The van der Waals surface area contributed by atoms with Gasteiger partial charge in [0, 0.05) is 45.3 Å². The van der Waals surface area contributed by atoms with Gasteiger partial charge in [-0.15, -0.1) is 0 Å². The summed E-state index contributed by atoms with van der Waals surface area (Å²) in [7, 11) is 1.44. The van der Waals surface area contributed by atoms with Crippen molar-refractivity contribution in [1.82, 2.24) is 15.1 Å². The maximum atomic E-state index is 14.7. The maximum absolute atomic E-state index is 14.7. The third kappa shape index (κ3) is 5.62. The molecular weight excluding hydrogens is 440 g/mol. The highest BCUT2D eigenvalue weighted by atomic mass is 19.1. The summed E-state index contributed by atoms with van der Waals surface area (Å²) < 4.78 is 35.3. The fourth-order valence-corrected chi connectivity index (χ4v) is 4.26. The van der Waals surface area contributed by atoms with Gasteiger partial charge in [0.25, 0.3) is 5.91 Å². The van der Waals surface area contributed by atoms with E-state index in [0.717, 1.165) is 0 Å². The lowest BCUT2D eigenvalue weighted by Gasteiger charge is -2.40. The molecule has 8 heteroatoms.